The summed E-state index contributed by atoms with van der Waals surface area (Å²) in [7, 11) is 1.42. The van der Waals surface area contributed by atoms with E-state index >= 15 is 0 Å². The summed E-state index contributed by atoms with van der Waals surface area (Å²) in [5.41, 5.74) is 2.22. The van der Waals surface area contributed by atoms with Crippen LogP contribution in [0.4, 0.5) is 5.69 Å². The number of hydrogen-bond donors (Lipinski definition) is 1. The van der Waals surface area contributed by atoms with E-state index in [1.54, 1.807) is 0 Å². The van der Waals surface area contributed by atoms with E-state index in [9.17, 15) is 4.79 Å². The van der Waals surface area contributed by atoms with Crippen molar-refractivity contribution in [3.8, 4) is 0 Å². The second-order valence-electron chi connectivity index (χ2n) is 3.52. The van der Waals surface area contributed by atoms with Crippen LogP contribution in [-0.2, 0) is 9.53 Å². The maximum atomic E-state index is 11.4. The fraction of sp³-hybridized carbons (Fsp3) is 0.364. The Hall–Kier alpha value is -1.51. The van der Waals surface area contributed by atoms with Crippen LogP contribution >= 0.6 is 0 Å². The van der Waals surface area contributed by atoms with Crippen molar-refractivity contribution < 1.29 is 9.53 Å². The van der Waals surface area contributed by atoms with Gasteiger partial charge in [0.25, 0.3) is 0 Å². The number of para-hydroxylation sites is 1. The molecule has 0 spiro atoms. The van der Waals surface area contributed by atoms with Gasteiger partial charge in [-0.2, -0.15) is 0 Å². The Morgan fingerprint density at radius 1 is 1.43 bits per heavy atom. The summed E-state index contributed by atoms with van der Waals surface area (Å²) in [6.45, 7) is 2.03. The van der Waals surface area contributed by atoms with Gasteiger partial charge in [-0.3, -0.25) is 0 Å². The number of methoxy groups -OCH3 is 1. The third kappa shape index (κ3) is 1.25. The smallest absolute Gasteiger partial charge is 0.328 e. The first-order valence-electron chi connectivity index (χ1n) is 4.67. The highest BCUT2D eigenvalue weighted by Crippen LogP contribution is 2.35. The van der Waals surface area contributed by atoms with E-state index in [4.69, 9.17) is 4.74 Å². The Morgan fingerprint density at radius 3 is 2.79 bits per heavy atom. The highest BCUT2D eigenvalue weighted by molar-refractivity contribution is 5.84. The molecule has 1 N–H and O–H groups in total. The molecule has 1 aliphatic heterocycles. The van der Waals surface area contributed by atoms with Crippen LogP contribution in [0.1, 0.15) is 18.4 Å². The lowest BCUT2D eigenvalue weighted by Crippen LogP contribution is -2.30. The summed E-state index contributed by atoms with van der Waals surface area (Å²) >= 11 is 0. The third-order valence-corrected chi connectivity index (χ3v) is 2.72. The first kappa shape index (κ1) is 9.06. The van der Waals surface area contributed by atoms with Crippen molar-refractivity contribution in [2.75, 3.05) is 12.4 Å². The molecule has 2 atom stereocenters. The Morgan fingerprint density at radius 2 is 2.14 bits per heavy atom. The molecule has 1 aliphatic rings. The minimum absolute atomic E-state index is 0.179. The van der Waals surface area contributed by atoms with Crippen LogP contribution in [-0.4, -0.2) is 19.1 Å². The predicted molar refractivity (Wildman–Crippen MR) is 54.3 cm³/mol. The van der Waals surface area contributed by atoms with Crippen LogP contribution in [0.15, 0.2) is 24.3 Å². The number of esters is 1. The molecule has 0 saturated carbocycles. The average Bonchev–Trinajstić information content (AvgIpc) is 2.56. The standard InChI is InChI=1S/C11H13NO2/c1-7-8-5-3-4-6-9(8)12-10(7)11(13)14-2/h3-7,10,12H,1-2H3/t7-,10+/m0/s1. The number of benzene rings is 1. The minimum atomic E-state index is -0.239. The molecule has 1 heterocycles. The normalized spacial score (nSPS) is 23.9. The van der Waals surface area contributed by atoms with Gasteiger partial charge in [-0.1, -0.05) is 25.1 Å². The van der Waals surface area contributed by atoms with Gasteiger partial charge in [0.05, 0.1) is 7.11 Å². The highest BCUT2D eigenvalue weighted by atomic mass is 16.5. The molecule has 0 fully saturated rings. The van der Waals surface area contributed by atoms with Crippen LogP contribution in [0.5, 0.6) is 0 Å². The minimum Gasteiger partial charge on any atom is -0.467 e. The SMILES string of the molecule is COC(=O)[C@@H]1Nc2ccccc2[C@@H]1C. The van der Waals surface area contributed by atoms with Crippen LogP contribution in [0, 0.1) is 0 Å². The maximum Gasteiger partial charge on any atom is 0.328 e. The summed E-state index contributed by atoms with van der Waals surface area (Å²) in [4.78, 5) is 11.4. The lowest BCUT2D eigenvalue weighted by molar-refractivity contribution is -0.141. The molecule has 0 unspecified atom stereocenters. The van der Waals surface area contributed by atoms with Crippen LogP contribution in [0.2, 0.25) is 0 Å². The molecule has 3 nitrogen and oxygen atoms in total. The van der Waals surface area contributed by atoms with Gasteiger partial charge < -0.3 is 10.1 Å². The average molecular weight is 191 g/mol. The molecule has 0 amide bonds. The zero-order valence-electron chi connectivity index (χ0n) is 8.28. The lowest BCUT2D eigenvalue weighted by Gasteiger charge is -2.13. The topological polar surface area (TPSA) is 38.3 Å². The molecule has 0 bridgehead atoms. The quantitative estimate of drug-likeness (QED) is 0.687. The molecule has 14 heavy (non-hydrogen) atoms. The van der Waals surface area contributed by atoms with Crippen molar-refractivity contribution in [3.05, 3.63) is 29.8 Å². The number of anilines is 1. The summed E-state index contributed by atoms with van der Waals surface area (Å²) in [6, 6.07) is 7.72. The van der Waals surface area contributed by atoms with Crippen molar-refractivity contribution in [2.24, 2.45) is 0 Å². The number of hydrogen-bond acceptors (Lipinski definition) is 3. The van der Waals surface area contributed by atoms with Gasteiger partial charge in [0.1, 0.15) is 6.04 Å². The number of fused-ring (bicyclic) bond motifs is 1. The molecule has 1 aromatic rings. The highest BCUT2D eigenvalue weighted by Gasteiger charge is 2.34. The van der Waals surface area contributed by atoms with Gasteiger partial charge in [0.2, 0.25) is 0 Å². The monoisotopic (exact) mass is 191 g/mol. The van der Waals surface area contributed by atoms with E-state index < -0.39 is 0 Å². The summed E-state index contributed by atoms with van der Waals surface area (Å²) in [5, 5.41) is 3.16. The van der Waals surface area contributed by atoms with Crippen LogP contribution in [0.25, 0.3) is 0 Å². The Bertz CT molecular complexity index is 362. The van der Waals surface area contributed by atoms with E-state index in [1.165, 1.54) is 12.7 Å². The number of carbonyl (C=O) groups is 1. The van der Waals surface area contributed by atoms with Gasteiger partial charge in [0.15, 0.2) is 0 Å². The molecule has 3 heteroatoms. The molecule has 74 valence electrons. The van der Waals surface area contributed by atoms with Crippen LogP contribution in [0.3, 0.4) is 0 Å². The van der Waals surface area contributed by atoms with E-state index in [0.29, 0.717) is 0 Å². The molecule has 0 saturated heterocycles. The molecular formula is C11H13NO2. The zero-order chi connectivity index (χ0) is 10.1. The predicted octanol–water partition coefficient (Wildman–Crippen LogP) is 1.76. The summed E-state index contributed by atoms with van der Waals surface area (Å²) in [6.07, 6.45) is 0. The van der Waals surface area contributed by atoms with Gasteiger partial charge in [-0.25, -0.2) is 4.79 Å². The summed E-state index contributed by atoms with van der Waals surface area (Å²) < 4.78 is 4.73. The molecule has 0 radical (unpaired) electrons. The van der Waals surface area contributed by atoms with E-state index in [-0.39, 0.29) is 17.9 Å². The Kier molecular flexibility index (Phi) is 2.15. The van der Waals surface area contributed by atoms with Crippen molar-refractivity contribution in [3.63, 3.8) is 0 Å². The Balaban J connectivity index is 2.30. The molecule has 1 aromatic carbocycles. The Labute approximate surface area is 83.1 Å². The van der Waals surface area contributed by atoms with Crippen molar-refractivity contribution in [2.45, 2.75) is 18.9 Å². The molecular weight excluding hydrogens is 178 g/mol. The summed E-state index contributed by atoms with van der Waals surface area (Å²) in [5.74, 6) is -0.0210. The lowest BCUT2D eigenvalue weighted by atomic mass is 9.97. The molecule has 2 rings (SSSR count). The fourth-order valence-electron chi connectivity index (χ4n) is 1.89. The zero-order valence-corrected chi connectivity index (χ0v) is 8.28. The van der Waals surface area contributed by atoms with Crippen molar-refractivity contribution in [1.82, 2.24) is 0 Å². The number of carbonyl (C=O) groups excluding carboxylic acids is 1. The second kappa shape index (κ2) is 3.33. The molecule has 0 aromatic heterocycles. The van der Waals surface area contributed by atoms with Gasteiger partial charge >= 0.3 is 5.97 Å². The van der Waals surface area contributed by atoms with Crippen LogP contribution < -0.4 is 5.32 Å². The van der Waals surface area contributed by atoms with Gasteiger partial charge in [-0.05, 0) is 11.6 Å². The van der Waals surface area contributed by atoms with Gasteiger partial charge in [0, 0.05) is 11.6 Å². The van der Waals surface area contributed by atoms with Crippen molar-refractivity contribution >= 4 is 11.7 Å². The molecule has 0 aliphatic carbocycles. The second-order valence-corrected chi connectivity index (χ2v) is 3.52. The fourth-order valence-corrected chi connectivity index (χ4v) is 1.89. The maximum absolute atomic E-state index is 11.4. The first-order chi connectivity index (χ1) is 6.74. The first-order valence-corrected chi connectivity index (χ1v) is 4.67. The largest absolute Gasteiger partial charge is 0.467 e. The van der Waals surface area contributed by atoms with E-state index in [0.717, 1.165) is 5.69 Å². The van der Waals surface area contributed by atoms with Crippen molar-refractivity contribution in [1.29, 1.82) is 0 Å². The number of rotatable bonds is 1. The van der Waals surface area contributed by atoms with E-state index in [1.807, 2.05) is 31.2 Å². The number of ether oxygens (including phenoxy) is 1. The van der Waals surface area contributed by atoms with Gasteiger partial charge in [-0.15, -0.1) is 0 Å². The number of nitrogens with one attached hydrogen (secondary N) is 1. The van der Waals surface area contributed by atoms with E-state index in [2.05, 4.69) is 5.32 Å². The third-order valence-electron chi connectivity index (χ3n) is 2.72.